The Morgan fingerprint density at radius 1 is 1.18 bits per heavy atom. The molecule has 7 heteroatoms. The summed E-state index contributed by atoms with van der Waals surface area (Å²) in [5.74, 6) is 1.33. The second kappa shape index (κ2) is 7.85. The Morgan fingerprint density at radius 2 is 1.89 bits per heavy atom. The van der Waals surface area contributed by atoms with Crippen molar-refractivity contribution >= 4 is 12.2 Å². The molecule has 0 amide bonds. The molecule has 0 aliphatic heterocycles. The third kappa shape index (κ3) is 3.86. The maximum Gasteiger partial charge on any atom is 0.199 e. The highest BCUT2D eigenvalue weighted by molar-refractivity contribution is 7.71. The topological polar surface area (TPSA) is 35.2 Å². The molecule has 146 valence electrons. The summed E-state index contributed by atoms with van der Waals surface area (Å²) in [5, 5.41) is 4.79. The Labute approximate surface area is 169 Å². The second-order valence-electron chi connectivity index (χ2n) is 7.11. The summed E-state index contributed by atoms with van der Waals surface area (Å²) in [6, 6.07) is 15.0. The number of hydrogen-bond acceptors (Lipinski definition) is 4. The lowest BCUT2D eigenvalue weighted by Gasteiger charge is -2.21. The predicted octanol–water partition coefficient (Wildman–Crippen LogP) is 4.39. The van der Waals surface area contributed by atoms with E-state index in [1.54, 1.807) is 7.11 Å². The molecule has 1 aliphatic rings. The molecular weight excluding hydrogens is 375 g/mol. The van der Waals surface area contributed by atoms with Crippen molar-refractivity contribution in [2.75, 3.05) is 7.11 Å². The molecule has 0 unspecified atom stereocenters. The highest BCUT2D eigenvalue weighted by atomic mass is 32.1. The maximum atomic E-state index is 13.2. The molecule has 4 rings (SSSR count). The SMILES string of the molecule is COc1ccccc1-c1nn(CN(Cc2ccc(F)cc2)C2CC2)c(=S)n1C. The molecule has 0 radical (unpaired) electrons. The van der Waals surface area contributed by atoms with E-state index in [1.165, 1.54) is 25.0 Å². The number of para-hydroxylation sites is 1. The van der Waals surface area contributed by atoms with Crippen LogP contribution in [-0.4, -0.2) is 32.4 Å². The van der Waals surface area contributed by atoms with Gasteiger partial charge in [-0.05, 0) is 54.9 Å². The van der Waals surface area contributed by atoms with Gasteiger partial charge in [0, 0.05) is 19.6 Å². The van der Waals surface area contributed by atoms with Crippen molar-refractivity contribution in [3.63, 3.8) is 0 Å². The van der Waals surface area contributed by atoms with E-state index in [0.717, 1.165) is 29.2 Å². The lowest BCUT2D eigenvalue weighted by atomic mass is 10.2. The molecule has 1 heterocycles. The van der Waals surface area contributed by atoms with Gasteiger partial charge in [-0.15, -0.1) is 0 Å². The first-order chi connectivity index (χ1) is 13.6. The van der Waals surface area contributed by atoms with Gasteiger partial charge >= 0.3 is 0 Å². The number of hydrogen-bond donors (Lipinski definition) is 0. The molecule has 0 N–H and O–H groups in total. The van der Waals surface area contributed by atoms with Crippen LogP contribution in [0.15, 0.2) is 48.5 Å². The Balaban J connectivity index is 1.61. The van der Waals surface area contributed by atoms with Crippen molar-refractivity contribution in [3.8, 4) is 17.1 Å². The number of benzene rings is 2. The van der Waals surface area contributed by atoms with E-state index in [4.69, 9.17) is 22.1 Å². The zero-order valence-electron chi connectivity index (χ0n) is 16.0. The highest BCUT2D eigenvalue weighted by Crippen LogP contribution is 2.31. The van der Waals surface area contributed by atoms with Gasteiger partial charge in [-0.1, -0.05) is 24.3 Å². The molecule has 1 fully saturated rings. The molecule has 3 aromatic rings. The Bertz CT molecular complexity index is 1020. The van der Waals surface area contributed by atoms with Crippen LogP contribution in [0.5, 0.6) is 5.75 Å². The standard InChI is InChI=1S/C21H23FN4OS/c1-24-20(18-5-3-4-6-19(18)27-2)23-26(21(24)28)14-25(17-11-12-17)13-15-7-9-16(22)10-8-15/h3-10,17H,11-14H2,1-2H3. The minimum absolute atomic E-state index is 0.213. The molecule has 0 saturated heterocycles. The summed E-state index contributed by atoms with van der Waals surface area (Å²) in [5.41, 5.74) is 1.99. The van der Waals surface area contributed by atoms with Gasteiger partial charge in [0.2, 0.25) is 0 Å². The quantitative estimate of drug-likeness (QED) is 0.553. The van der Waals surface area contributed by atoms with E-state index in [9.17, 15) is 4.39 Å². The Hall–Kier alpha value is -2.51. The van der Waals surface area contributed by atoms with Crippen LogP contribution in [0, 0.1) is 10.6 Å². The van der Waals surface area contributed by atoms with Gasteiger partial charge in [-0.25, -0.2) is 9.07 Å². The fourth-order valence-electron chi connectivity index (χ4n) is 3.37. The Kier molecular flexibility index (Phi) is 5.28. The summed E-state index contributed by atoms with van der Waals surface area (Å²) in [6.45, 7) is 1.34. The van der Waals surface area contributed by atoms with Crippen LogP contribution in [-0.2, 0) is 20.3 Å². The van der Waals surface area contributed by atoms with E-state index in [1.807, 2.05) is 52.7 Å². The monoisotopic (exact) mass is 398 g/mol. The van der Waals surface area contributed by atoms with Crippen LogP contribution in [0.25, 0.3) is 11.4 Å². The third-order valence-electron chi connectivity index (χ3n) is 5.07. The smallest absolute Gasteiger partial charge is 0.199 e. The lowest BCUT2D eigenvalue weighted by molar-refractivity contribution is 0.186. The largest absolute Gasteiger partial charge is 0.496 e. The van der Waals surface area contributed by atoms with Crippen LogP contribution in [0.2, 0.25) is 0 Å². The molecule has 0 bridgehead atoms. The molecule has 28 heavy (non-hydrogen) atoms. The van der Waals surface area contributed by atoms with Crippen LogP contribution in [0.1, 0.15) is 18.4 Å². The van der Waals surface area contributed by atoms with Gasteiger partial charge in [0.15, 0.2) is 10.6 Å². The van der Waals surface area contributed by atoms with Gasteiger partial charge in [0.05, 0.1) is 19.3 Å². The number of methoxy groups -OCH3 is 1. The zero-order chi connectivity index (χ0) is 19.7. The first-order valence-electron chi connectivity index (χ1n) is 9.32. The molecule has 1 aromatic heterocycles. The molecule has 1 aliphatic carbocycles. The van der Waals surface area contributed by atoms with Crippen molar-refractivity contribution in [2.45, 2.75) is 32.1 Å². The number of ether oxygens (including phenoxy) is 1. The fraction of sp³-hybridized carbons (Fsp3) is 0.333. The molecule has 5 nitrogen and oxygen atoms in total. The first kappa shape index (κ1) is 18.8. The van der Waals surface area contributed by atoms with Gasteiger partial charge in [0.25, 0.3) is 0 Å². The summed E-state index contributed by atoms with van der Waals surface area (Å²) in [4.78, 5) is 2.35. The summed E-state index contributed by atoms with van der Waals surface area (Å²) < 4.78 is 23.1. The predicted molar refractivity (Wildman–Crippen MR) is 109 cm³/mol. The zero-order valence-corrected chi connectivity index (χ0v) is 16.8. The van der Waals surface area contributed by atoms with Gasteiger partial charge in [-0.2, -0.15) is 5.10 Å². The van der Waals surface area contributed by atoms with Crippen molar-refractivity contribution in [1.29, 1.82) is 0 Å². The minimum atomic E-state index is -0.213. The normalized spacial score (nSPS) is 13.9. The van der Waals surface area contributed by atoms with Crippen molar-refractivity contribution in [3.05, 3.63) is 64.7 Å². The number of rotatable bonds is 7. The Morgan fingerprint density at radius 3 is 2.57 bits per heavy atom. The third-order valence-corrected chi connectivity index (χ3v) is 5.55. The lowest BCUT2D eigenvalue weighted by Crippen LogP contribution is -2.29. The van der Waals surface area contributed by atoms with Crippen molar-refractivity contribution in [1.82, 2.24) is 19.2 Å². The van der Waals surface area contributed by atoms with Gasteiger partial charge in [0.1, 0.15) is 11.6 Å². The van der Waals surface area contributed by atoms with E-state index in [2.05, 4.69) is 4.90 Å². The summed E-state index contributed by atoms with van der Waals surface area (Å²) >= 11 is 5.65. The summed E-state index contributed by atoms with van der Waals surface area (Å²) in [6.07, 6.45) is 2.33. The van der Waals surface area contributed by atoms with Crippen molar-refractivity contribution in [2.24, 2.45) is 7.05 Å². The van der Waals surface area contributed by atoms with Gasteiger partial charge in [-0.3, -0.25) is 4.90 Å². The number of nitrogens with zero attached hydrogens (tertiary/aromatic N) is 4. The minimum Gasteiger partial charge on any atom is -0.496 e. The van der Waals surface area contributed by atoms with Crippen LogP contribution in [0.3, 0.4) is 0 Å². The highest BCUT2D eigenvalue weighted by Gasteiger charge is 2.30. The van der Waals surface area contributed by atoms with Crippen LogP contribution >= 0.6 is 12.2 Å². The maximum absolute atomic E-state index is 13.2. The van der Waals surface area contributed by atoms with E-state index in [0.29, 0.717) is 17.5 Å². The number of aromatic nitrogens is 3. The second-order valence-corrected chi connectivity index (χ2v) is 7.48. The average Bonchev–Trinajstić information content (AvgIpc) is 3.52. The summed E-state index contributed by atoms with van der Waals surface area (Å²) in [7, 11) is 3.58. The average molecular weight is 399 g/mol. The van der Waals surface area contributed by atoms with E-state index < -0.39 is 0 Å². The number of halogens is 1. The first-order valence-corrected chi connectivity index (χ1v) is 9.73. The van der Waals surface area contributed by atoms with Crippen molar-refractivity contribution < 1.29 is 9.13 Å². The van der Waals surface area contributed by atoms with E-state index >= 15 is 0 Å². The van der Waals surface area contributed by atoms with Crippen LogP contribution < -0.4 is 4.74 Å². The molecule has 0 spiro atoms. The fourth-order valence-corrected chi connectivity index (χ4v) is 3.56. The molecular formula is C21H23FN4OS. The van der Waals surface area contributed by atoms with E-state index in [-0.39, 0.29) is 5.82 Å². The molecule has 2 aromatic carbocycles. The van der Waals surface area contributed by atoms with Gasteiger partial charge < -0.3 is 9.30 Å². The van der Waals surface area contributed by atoms with Crippen LogP contribution in [0.4, 0.5) is 4.39 Å². The molecule has 0 atom stereocenters. The molecule has 1 saturated carbocycles.